The summed E-state index contributed by atoms with van der Waals surface area (Å²) in [7, 11) is 4.56. The second-order valence-corrected chi connectivity index (χ2v) is 7.30. The standard InChI is InChI=1S/C22H30N4O5/c1-15-11-20(25-22(23-15)26-9-7-5-6-8-10-26)31-14-19(27)24-16-12-17(28-2)21(30-4)18(13-16)29-3/h11-13H,5-10,14H2,1-4H3,(H,24,27). The topological polar surface area (TPSA) is 95.0 Å². The van der Waals surface area contributed by atoms with Crippen LogP contribution in [0.5, 0.6) is 23.1 Å². The van der Waals surface area contributed by atoms with Crippen LogP contribution in [0.2, 0.25) is 0 Å². The average Bonchev–Trinajstić information content (AvgIpc) is 3.06. The summed E-state index contributed by atoms with van der Waals surface area (Å²) >= 11 is 0. The fourth-order valence-electron chi connectivity index (χ4n) is 3.50. The molecule has 1 fully saturated rings. The minimum Gasteiger partial charge on any atom is -0.493 e. The average molecular weight is 431 g/mol. The van der Waals surface area contributed by atoms with Crippen LogP contribution >= 0.6 is 0 Å². The van der Waals surface area contributed by atoms with Gasteiger partial charge in [0.05, 0.1) is 21.3 Å². The van der Waals surface area contributed by atoms with Crippen LogP contribution in [0.15, 0.2) is 18.2 Å². The van der Waals surface area contributed by atoms with Crippen molar-refractivity contribution in [1.82, 2.24) is 9.97 Å². The Morgan fingerprint density at radius 3 is 2.19 bits per heavy atom. The van der Waals surface area contributed by atoms with Crippen molar-refractivity contribution in [3.8, 4) is 23.1 Å². The first-order valence-electron chi connectivity index (χ1n) is 10.4. The van der Waals surface area contributed by atoms with Gasteiger partial charge in [0, 0.05) is 42.7 Å². The van der Waals surface area contributed by atoms with Crippen molar-refractivity contribution in [3.63, 3.8) is 0 Å². The zero-order valence-corrected chi connectivity index (χ0v) is 18.6. The van der Waals surface area contributed by atoms with Crippen molar-refractivity contribution >= 4 is 17.5 Å². The molecular formula is C22H30N4O5. The van der Waals surface area contributed by atoms with Gasteiger partial charge in [-0.15, -0.1) is 0 Å². The zero-order chi connectivity index (χ0) is 22.2. The van der Waals surface area contributed by atoms with Gasteiger partial charge in [0.2, 0.25) is 17.6 Å². The van der Waals surface area contributed by atoms with Gasteiger partial charge in [-0.25, -0.2) is 4.98 Å². The normalized spacial score (nSPS) is 13.9. The summed E-state index contributed by atoms with van der Waals surface area (Å²) in [5.74, 6) is 2.06. The molecule has 1 aliphatic rings. The summed E-state index contributed by atoms with van der Waals surface area (Å²) in [4.78, 5) is 23.7. The van der Waals surface area contributed by atoms with Crippen LogP contribution in [0.25, 0.3) is 0 Å². The van der Waals surface area contributed by atoms with E-state index in [0.29, 0.717) is 34.8 Å². The molecule has 3 rings (SSSR count). The van der Waals surface area contributed by atoms with Gasteiger partial charge in [0.15, 0.2) is 18.1 Å². The number of nitrogens with one attached hydrogen (secondary N) is 1. The molecule has 0 aliphatic carbocycles. The van der Waals surface area contributed by atoms with Crippen LogP contribution in [0.3, 0.4) is 0 Å². The second kappa shape index (κ2) is 10.7. The lowest BCUT2D eigenvalue weighted by Gasteiger charge is -2.21. The van der Waals surface area contributed by atoms with Crippen LogP contribution in [0, 0.1) is 6.92 Å². The summed E-state index contributed by atoms with van der Waals surface area (Å²) in [6.07, 6.45) is 4.72. The lowest BCUT2D eigenvalue weighted by atomic mass is 10.2. The monoisotopic (exact) mass is 430 g/mol. The number of hydrogen-bond acceptors (Lipinski definition) is 8. The van der Waals surface area contributed by atoms with E-state index in [9.17, 15) is 4.79 Å². The fourth-order valence-corrected chi connectivity index (χ4v) is 3.50. The van der Waals surface area contributed by atoms with Gasteiger partial charge in [-0.2, -0.15) is 4.98 Å². The molecule has 9 nitrogen and oxygen atoms in total. The number of nitrogens with zero attached hydrogens (tertiary/aromatic N) is 3. The predicted molar refractivity (Wildman–Crippen MR) is 118 cm³/mol. The summed E-state index contributed by atoms with van der Waals surface area (Å²) in [5.41, 5.74) is 1.31. The van der Waals surface area contributed by atoms with Crippen LogP contribution in [-0.4, -0.2) is 56.9 Å². The van der Waals surface area contributed by atoms with E-state index in [1.54, 1.807) is 18.2 Å². The molecule has 1 amide bonds. The Morgan fingerprint density at radius 2 is 1.61 bits per heavy atom. The van der Waals surface area contributed by atoms with E-state index in [1.165, 1.54) is 34.2 Å². The third-order valence-electron chi connectivity index (χ3n) is 5.01. The number of carbonyl (C=O) groups is 1. The molecule has 0 unspecified atom stereocenters. The molecule has 1 N–H and O–H groups in total. The second-order valence-electron chi connectivity index (χ2n) is 7.30. The SMILES string of the molecule is COc1cc(NC(=O)COc2cc(C)nc(N3CCCCCC3)n2)cc(OC)c1OC. The van der Waals surface area contributed by atoms with Gasteiger partial charge >= 0.3 is 0 Å². The Bertz CT molecular complexity index is 872. The number of amides is 1. The van der Waals surface area contributed by atoms with Crippen molar-refractivity contribution in [2.45, 2.75) is 32.6 Å². The highest BCUT2D eigenvalue weighted by atomic mass is 16.5. The van der Waals surface area contributed by atoms with E-state index in [-0.39, 0.29) is 12.5 Å². The van der Waals surface area contributed by atoms with Crippen molar-refractivity contribution in [3.05, 3.63) is 23.9 Å². The molecule has 0 bridgehead atoms. The van der Waals surface area contributed by atoms with Gasteiger partial charge in [0.25, 0.3) is 5.91 Å². The highest BCUT2D eigenvalue weighted by Crippen LogP contribution is 2.39. The fraction of sp³-hybridized carbons (Fsp3) is 0.500. The lowest BCUT2D eigenvalue weighted by Crippen LogP contribution is -2.26. The van der Waals surface area contributed by atoms with E-state index in [2.05, 4.69) is 20.2 Å². The Morgan fingerprint density at radius 1 is 0.968 bits per heavy atom. The first kappa shape index (κ1) is 22.5. The van der Waals surface area contributed by atoms with Gasteiger partial charge in [-0.1, -0.05) is 12.8 Å². The van der Waals surface area contributed by atoms with Crippen molar-refractivity contribution < 1.29 is 23.7 Å². The van der Waals surface area contributed by atoms with E-state index >= 15 is 0 Å². The third kappa shape index (κ3) is 5.90. The molecule has 168 valence electrons. The largest absolute Gasteiger partial charge is 0.493 e. The third-order valence-corrected chi connectivity index (χ3v) is 5.01. The molecule has 9 heteroatoms. The molecule has 0 saturated carbocycles. The van der Waals surface area contributed by atoms with Crippen LogP contribution in [0.1, 0.15) is 31.4 Å². The van der Waals surface area contributed by atoms with Crippen LogP contribution < -0.4 is 29.2 Å². The van der Waals surface area contributed by atoms with Crippen LogP contribution in [-0.2, 0) is 4.79 Å². The molecular weight excluding hydrogens is 400 g/mol. The van der Waals surface area contributed by atoms with Crippen molar-refractivity contribution in [2.24, 2.45) is 0 Å². The molecule has 1 aromatic carbocycles. The highest BCUT2D eigenvalue weighted by molar-refractivity contribution is 5.92. The molecule has 1 saturated heterocycles. The molecule has 0 atom stereocenters. The molecule has 1 aromatic heterocycles. The highest BCUT2D eigenvalue weighted by Gasteiger charge is 2.16. The lowest BCUT2D eigenvalue weighted by molar-refractivity contribution is -0.118. The maximum absolute atomic E-state index is 12.5. The quantitative estimate of drug-likeness (QED) is 0.682. The predicted octanol–water partition coefficient (Wildman–Crippen LogP) is 3.21. The van der Waals surface area contributed by atoms with Crippen molar-refractivity contribution in [2.75, 3.05) is 51.2 Å². The number of aromatic nitrogens is 2. The Hall–Kier alpha value is -3.23. The molecule has 2 aromatic rings. The number of carbonyl (C=O) groups excluding carboxylic acids is 1. The van der Waals surface area contributed by atoms with E-state index in [0.717, 1.165) is 31.6 Å². The summed E-state index contributed by atoms with van der Waals surface area (Å²) < 4.78 is 21.6. The van der Waals surface area contributed by atoms with Gasteiger partial charge in [-0.3, -0.25) is 4.79 Å². The molecule has 31 heavy (non-hydrogen) atoms. The van der Waals surface area contributed by atoms with Crippen molar-refractivity contribution in [1.29, 1.82) is 0 Å². The smallest absolute Gasteiger partial charge is 0.262 e. The summed E-state index contributed by atoms with van der Waals surface area (Å²) in [6.45, 7) is 3.58. The number of anilines is 2. The molecule has 1 aliphatic heterocycles. The maximum Gasteiger partial charge on any atom is 0.262 e. The number of methoxy groups -OCH3 is 3. The Labute approximate surface area is 182 Å². The minimum absolute atomic E-state index is 0.188. The number of hydrogen-bond donors (Lipinski definition) is 1. The first-order chi connectivity index (χ1) is 15.0. The number of aryl methyl sites for hydroxylation is 1. The molecule has 2 heterocycles. The zero-order valence-electron chi connectivity index (χ0n) is 18.6. The Kier molecular flexibility index (Phi) is 7.75. The number of ether oxygens (including phenoxy) is 4. The van der Waals surface area contributed by atoms with Gasteiger partial charge in [0.1, 0.15) is 0 Å². The van der Waals surface area contributed by atoms with E-state index in [1.807, 2.05) is 6.92 Å². The Balaban J connectivity index is 1.66. The summed E-state index contributed by atoms with van der Waals surface area (Å²) in [6, 6.07) is 5.05. The summed E-state index contributed by atoms with van der Waals surface area (Å²) in [5, 5.41) is 2.78. The number of benzene rings is 1. The van der Waals surface area contributed by atoms with E-state index < -0.39 is 0 Å². The van der Waals surface area contributed by atoms with E-state index in [4.69, 9.17) is 18.9 Å². The maximum atomic E-state index is 12.5. The molecule has 0 radical (unpaired) electrons. The molecule has 0 spiro atoms. The van der Waals surface area contributed by atoms with Gasteiger partial charge < -0.3 is 29.2 Å². The van der Waals surface area contributed by atoms with Gasteiger partial charge in [-0.05, 0) is 19.8 Å². The van der Waals surface area contributed by atoms with Crippen LogP contribution in [0.4, 0.5) is 11.6 Å². The first-order valence-corrected chi connectivity index (χ1v) is 10.4. The number of rotatable bonds is 8. The minimum atomic E-state index is -0.332.